The van der Waals surface area contributed by atoms with E-state index in [1.807, 2.05) is 76.2 Å². The number of anilines is 1. The number of benzene rings is 2. The molecular formula is C36H49N5O5. The number of nitrogens with zero attached hydrogens (tertiary/aromatic N) is 3. The molecule has 2 aromatic heterocycles. The van der Waals surface area contributed by atoms with Gasteiger partial charge in [0.25, 0.3) is 0 Å². The largest absolute Gasteiger partial charge is 0.494 e. The summed E-state index contributed by atoms with van der Waals surface area (Å²) in [6, 6.07) is 15.3. The molecule has 0 saturated carbocycles. The van der Waals surface area contributed by atoms with Crippen LogP contribution >= 0.6 is 0 Å². The quantitative estimate of drug-likeness (QED) is 0.101. The third kappa shape index (κ3) is 8.68. The normalized spacial score (nSPS) is 13.7. The van der Waals surface area contributed by atoms with Crippen molar-refractivity contribution in [3.8, 4) is 17.2 Å². The van der Waals surface area contributed by atoms with Crippen LogP contribution in [0.25, 0.3) is 5.65 Å². The predicted octanol–water partition coefficient (Wildman–Crippen LogP) is 7.80. The van der Waals surface area contributed by atoms with E-state index >= 15 is 0 Å². The molecule has 10 heteroatoms. The molecule has 4 aromatic rings. The Bertz CT molecular complexity index is 1600. The molecule has 0 spiro atoms. The van der Waals surface area contributed by atoms with E-state index in [2.05, 4.69) is 36.3 Å². The highest BCUT2D eigenvalue weighted by Crippen LogP contribution is 2.36. The molecule has 2 unspecified atom stereocenters. The minimum Gasteiger partial charge on any atom is -0.494 e. The van der Waals surface area contributed by atoms with E-state index in [0.717, 1.165) is 30.0 Å². The van der Waals surface area contributed by atoms with Gasteiger partial charge in [-0.15, -0.1) is 9.73 Å². The lowest BCUT2D eigenvalue weighted by molar-refractivity contribution is -0.152. The molecule has 0 aliphatic heterocycles. The molecule has 4 rings (SSSR count). The molecule has 10 nitrogen and oxygen atoms in total. The van der Waals surface area contributed by atoms with Crippen LogP contribution in [-0.4, -0.2) is 45.4 Å². The van der Waals surface area contributed by atoms with Gasteiger partial charge in [-0.1, -0.05) is 58.7 Å². The van der Waals surface area contributed by atoms with E-state index < -0.39 is 5.41 Å². The van der Waals surface area contributed by atoms with Gasteiger partial charge in [0.2, 0.25) is 11.6 Å². The van der Waals surface area contributed by atoms with E-state index in [1.54, 1.807) is 4.63 Å². The zero-order valence-corrected chi connectivity index (χ0v) is 28.5. The Balaban J connectivity index is 1.25. The van der Waals surface area contributed by atoms with E-state index in [9.17, 15) is 9.59 Å². The third-order valence-electron chi connectivity index (χ3n) is 8.50. The average Bonchev–Trinajstić information content (AvgIpc) is 3.59. The molecule has 0 aliphatic rings. The van der Waals surface area contributed by atoms with Gasteiger partial charge >= 0.3 is 5.97 Å². The Kier molecular flexibility index (Phi) is 11.1. The second-order valence-electron chi connectivity index (χ2n) is 13.4. The van der Waals surface area contributed by atoms with Crippen LogP contribution in [0.1, 0.15) is 90.7 Å². The highest BCUT2D eigenvalue weighted by atomic mass is 16.5. The van der Waals surface area contributed by atoms with Crippen LogP contribution in [0.5, 0.6) is 17.2 Å². The Morgan fingerprint density at radius 3 is 2.30 bits per heavy atom. The Morgan fingerprint density at radius 2 is 1.67 bits per heavy atom. The molecule has 0 fully saturated rings. The fourth-order valence-electron chi connectivity index (χ4n) is 5.20. The zero-order valence-electron chi connectivity index (χ0n) is 28.5. The molecule has 0 saturated heterocycles. The van der Waals surface area contributed by atoms with Crippen LogP contribution in [0.2, 0.25) is 0 Å². The van der Waals surface area contributed by atoms with Gasteiger partial charge in [-0.2, -0.15) is 0 Å². The van der Waals surface area contributed by atoms with Crippen LogP contribution in [0.4, 0.5) is 5.69 Å². The predicted molar refractivity (Wildman–Crippen MR) is 180 cm³/mol. The summed E-state index contributed by atoms with van der Waals surface area (Å²) in [7, 11) is 1.42. The molecule has 0 radical (unpaired) electrons. The third-order valence-corrected chi connectivity index (χ3v) is 8.50. The zero-order chi connectivity index (χ0) is 33.5. The van der Waals surface area contributed by atoms with Gasteiger partial charge < -0.3 is 19.5 Å². The number of methoxy groups -OCH3 is 1. The van der Waals surface area contributed by atoms with E-state index in [-0.39, 0.29) is 23.2 Å². The molecule has 2 atom stereocenters. The lowest BCUT2D eigenvalue weighted by Gasteiger charge is -2.25. The van der Waals surface area contributed by atoms with Gasteiger partial charge in [0, 0.05) is 23.4 Å². The lowest BCUT2D eigenvalue weighted by Crippen LogP contribution is -2.29. The van der Waals surface area contributed by atoms with Crippen molar-refractivity contribution in [2.75, 3.05) is 19.0 Å². The number of carbonyl (C=O) groups excluding carboxylic acids is 2. The lowest BCUT2D eigenvalue weighted by atomic mass is 9.81. The maximum Gasteiger partial charge on any atom is 0.311 e. The first-order valence-corrected chi connectivity index (χ1v) is 16.2. The van der Waals surface area contributed by atoms with Crippen LogP contribution in [0.3, 0.4) is 0 Å². The molecule has 2 heterocycles. The molecular weight excluding hydrogens is 582 g/mol. The van der Waals surface area contributed by atoms with Gasteiger partial charge in [-0.05, 0) is 75.9 Å². The van der Waals surface area contributed by atoms with Crippen molar-refractivity contribution in [1.29, 1.82) is 0 Å². The first-order chi connectivity index (χ1) is 21.8. The number of aromatic nitrogens is 4. The van der Waals surface area contributed by atoms with Crippen molar-refractivity contribution in [2.24, 2.45) is 11.3 Å². The number of nitrogens with one attached hydrogen (secondary N) is 2. The molecule has 1 amide bonds. The standard InChI is InChI=1S/C36H49N5O5/c1-9-36(7,34(43)44-8)22-10-12-25(3)33(42)37-26-16-20-27(21-17-26)45-23-11-13-29-38-32-30(46-28-18-14-24(2)15-19-28)31(35(4,5)6)40-41(32)39-29/h14-21,25,40H,9-13,22-23H2,1-8H3,(H,37,42). The van der Waals surface area contributed by atoms with Crippen LogP contribution in [0.15, 0.2) is 48.5 Å². The highest BCUT2D eigenvalue weighted by Gasteiger charge is 2.32. The number of ether oxygens (including phenoxy) is 3. The van der Waals surface area contributed by atoms with Gasteiger partial charge in [-0.25, -0.2) is 4.98 Å². The van der Waals surface area contributed by atoms with Gasteiger partial charge in [0.15, 0.2) is 11.6 Å². The van der Waals surface area contributed by atoms with Crippen LogP contribution in [-0.2, 0) is 26.2 Å². The highest BCUT2D eigenvalue weighted by molar-refractivity contribution is 5.92. The summed E-state index contributed by atoms with van der Waals surface area (Å²) in [6.07, 6.45) is 4.23. The Morgan fingerprint density at radius 1 is 1.00 bits per heavy atom. The number of hydrogen-bond donors (Lipinski definition) is 2. The Labute approximate surface area is 272 Å². The fourth-order valence-corrected chi connectivity index (χ4v) is 5.20. The van der Waals surface area contributed by atoms with E-state index in [0.29, 0.717) is 55.2 Å². The van der Waals surface area contributed by atoms with Crippen LogP contribution < -0.4 is 14.8 Å². The number of aromatic amines is 1. The summed E-state index contributed by atoms with van der Waals surface area (Å²) in [5.41, 5.74) is 2.78. The summed E-state index contributed by atoms with van der Waals surface area (Å²) in [4.78, 5) is 29.6. The summed E-state index contributed by atoms with van der Waals surface area (Å²) in [5, 5.41) is 11.0. The number of aryl methyl sites for hydroxylation is 2. The van der Waals surface area contributed by atoms with Crippen molar-refractivity contribution in [1.82, 2.24) is 19.8 Å². The smallest absolute Gasteiger partial charge is 0.311 e. The summed E-state index contributed by atoms with van der Waals surface area (Å²) < 4.78 is 18.9. The van der Waals surface area contributed by atoms with Crippen molar-refractivity contribution < 1.29 is 23.8 Å². The first kappa shape index (κ1) is 34.5. The van der Waals surface area contributed by atoms with Gasteiger partial charge in [0.1, 0.15) is 11.5 Å². The first-order valence-electron chi connectivity index (χ1n) is 16.2. The maximum atomic E-state index is 12.7. The van der Waals surface area contributed by atoms with Crippen LogP contribution in [0, 0.1) is 18.3 Å². The number of fused-ring (bicyclic) bond motifs is 1. The van der Waals surface area contributed by atoms with Gasteiger partial charge in [-0.3, -0.25) is 14.7 Å². The average molecular weight is 632 g/mol. The van der Waals surface area contributed by atoms with Crippen molar-refractivity contribution in [3.05, 3.63) is 65.6 Å². The summed E-state index contributed by atoms with van der Waals surface area (Å²) in [5.74, 6) is 2.45. The molecule has 2 aromatic carbocycles. The minimum absolute atomic E-state index is 0.0456. The molecule has 2 N–H and O–H groups in total. The van der Waals surface area contributed by atoms with E-state index in [1.165, 1.54) is 12.7 Å². The maximum absolute atomic E-state index is 12.7. The van der Waals surface area contributed by atoms with Gasteiger partial charge in [0.05, 0.1) is 24.8 Å². The van der Waals surface area contributed by atoms with Crippen molar-refractivity contribution in [2.45, 2.75) is 92.4 Å². The monoisotopic (exact) mass is 631 g/mol. The second kappa shape index (κ2) is 14.8. The van der Waals surface area contributed by atoms with Crippen molar-refractivity contribution >= 4 is 23.2 Å². The molecule has 248 valence electrons. The molecule has 0 aliphatic carbocycles. The summed E-state index contributed by atoms with van der Waals surface area (Å²) in [6.45, 7) is 14.7. The topological polar surface area (TPSA) is 120 Å². The number of rotatable bonds is 15. The second-order valence-corrected chi connectivity index (χ2v) is 13.4. The fraction of sp³-hybridized carbons (Fsp3) is 0.500. The Hall–Kier alpha value is -4.34. The number of amides is 1. The number of H-pyrrole nitrogens is 1. The molecule has 0 bridgehead atoms. The summed E-state index contributed by atoms with van der Waals surface area (Å²) >= 11 is 0. The molecule has 46 heavy (non-hydrogen) atoms. The van der Waals surface area contributed by atoms with E-state index in [4.69, 9.17) is 19.2 Å². The number of esters is 1. The SMILES string of the molecule is CCC(C)(CCCC(C)C(=O)Nc1ccc(OCCCc2nc3c(Oc4ccc(C)cc4)c(C(C)(C)C)[nH]n3n2)cc1)C(=O)OC. The number of carbonyl (C=O) groups is 2. The minimum atomic E-state index is -0.513. The number of hydrogen-bond acceptors (Lipinski definition) is 7. The van der Waals surface area contributed by atoms with Crippen molar-refractivity contribution in [3.63, 3.8) is 0 Å².